The third kappa shape index (κ3) is 4.25. The molecular weight excluding hydrogens is 354 g/mol. The third-order valence-corrected chi connectivity index (χ3v) is 5.64. The summed E-state index contributed by atoms with van der Waals surface area (Å²) in [6.45, 7) is 3.01. The molecule has 7 heteroatoms. The second-order valence-electron chi connectivity index (χ2n) is 7.67. The molecule has 2 atom stereocenters. The molecule has 1 aromatic heterocycles. The van der Waals surface area contributed by atoms with Gasteiger partial charge in [-0.05, 0) is 56.3 Å². The number of hydrogen-bond donors (Lipinski definition) is 2. The number of carbonyl (C=O) groups is 2. The molecule has 2 saturated heterocycles. The van der Waals surface area contributed by atoms with Crippen LogP contribution in [0.1, 0.15) is 36.0 Å². The van der Waals surface area contributed by atoms with Crippen LogP contribution < -0.4 is 10.6 Å². The second kappa shape index (κ2) is 8.56. The van der Waals surface area contributed by atoms with Crippen LogP contribution in [-0.2, 0) is 4.79 Å². The van der Waals surface area contributed by atoms with E-state index in [0.29, 0.717) is 24.6 Å². The van der Waals surface area contributed by atoms with Crippen molar-refractivity contribution in [3.05, 3.63) is 48.5 Å². The molecular formula is C21H27N5O2. The quantitative estimate of drug-likeness (QED) is 0.824. The van der Waals surface area contributed by atoms with Crippen molar-refractivity contribution >= 4 is 11.8 Å². The maximum atomic E-state index is 13.0. The number of likely N-dealkylation sites (tertiary alicyclic amines) is 1. The molecule has 2 aliphatic heterocycles. The molecule has 4 rings (SSSR count). The number of carbonyl (C=O) groups excluding carboxylic acids is 2. The van der Waals surface area contributed by atoms with E-state index < -0.39 is 0 Å². The van der Waals surface area contributed by atoms with Crippen LogP contribution in [0.4, 0.5) is 0 Å². The Hall–Kier alpha value is -2.67. The number of hydrogen-bond acceptors (Lipinski definition) is 4. The van der Waals surface area contributed by atoms with Crippen molar-refractivity contribution in [3.8, 4) is 5.69 Å². The Morgan fingerprint density at radius 3 is 2.96 bits per heavy atom. The minimum atomic E-state index is -0.0489. The lowest BCUT2D eigenvalue weighted by atomic mass is 9.97. The number of rotatable bonds is 5. The summed E-state index contributed by atoms with van der Waals surface area (Å²) < 4.78 is 1.89. The molecule has 0 radical (unpaired) electrons. The second-order valence-corrected chi connectivity index (χ2v) is 7.67. The van der Waals surface area contributed by atoms with Gasteiger partial charge in [-0.1, -0.05) is 6.07 Å². The van der Waals surface area contributed by atoms with Crippen molar-refractivity contribution < 1.29 is 9.59 Å². The van der Waals surface area contributed by atoms with Gasteiger partial charge in [0, 0.05) is 43.3 Å². The predicted molar refractivity (Wildman–Crippen MR) is 106 cm³/mol. The Morgan fingerprint density at radius 1 is 1.25 bits per heavy atom. The first kappa shape index (κ1) is 18.7. The summed E-state index contributed by atoms with van der Waals surface area (Å²) in [6.07, 6.45) is 9.28. The van der Waals surface area contributed by atoms with Gasteiger partial charge in [0.15, 0.2) is 0 Å². The molecule has 28 heavy (non-hydrogen) atoms. The predicted octanol–water partition coefficient (Wildman–Crippen LogP) is 1.59. The molecule has 2 fully saturated rings. The highest BCUT2D eigenvalue weighted by Crippen LogP contribution is 2.20. The Bertz CT molecular complexity index is 814. The lowest BCUT2D eigenvalue weighted by molar-refractivity contribution is -0.123. The average Bonchev–Trinajstić information content (AvgIpc) is 3.46. The van der Waals surface area contributed by atoms with Gasteiger partial charge in [-0.2, -0.15) is 0 Å². The molecule has 2 unspecified atom stereocenters. The highest BCUT2D eigenvalue weighted by molar-refractivity contribution is 5.94. The van der Waals surface area contributed by atoms with Crippen LogP contribution in [0.15, 0.2) is 43.0 Å². The fourth-order valence-corrected chi connectivity index (χ4v) is 4.09. The van der Waals surface area contributed by atoms with Crippen molar-refractivity contribution in [2.75, 3.05) is 26.2 Å². The molecule has 0 saturated carbocycles. The zero-order valence-corrected chi connectivity index (χ0v) is 16.0. The first-order chi connectivity index (χ1) is 13.7. The van der Waals surface area contributed by atoms with Crippen LogP contribution >= 0.6 is 0 Å². The zero-order valence-electron chi connectivity index (χ0n) is 16.0. The summed E-state index contributed by atoms with van der Waals surface area (Å²) in [4.78, 5) is 31.2. The Morgan fingerprint density at radius 2 is 2.18 bits per heavy atom. The lowest BCUT2D eigenvalue weighted by Crippen LogP contribution is -2.46. The fourth-order valence-electron chi connectivity index (χ4n) is 4.09. The number of benzene rings is 1. The number of aromatic nitrogens is 2. The van der Waals surface area contributed by atoms with E-state index in [4.69, 9.17) is 0 Å². The van der Waals surface area contributed by atoms with Gasteiger partial charge in [-0.3, -0.25) is 9.59 Å². The minimum absolute atomic E-state index is 0.0489. The van der Waals surface area contributed by atoms with E-state index in [1.54, 1.807) is 12.5 Å². The first-order valence-electron chi connectivity index (χ1n) is 10.1. The van der Waals surface area contributed by atoms with Gasteiger partial charge in [0.2, 0.25) is 5.91 Å². The number of nitrogens with one attached hydrogen (secondary N) is 2. The topological polar surface area (TPSA) is 79.3 Å². The number of nitrogens with zero attached hydrogens (tertiary/aromatic N) is 3. The number of piperidine rings is 1. The monoisotopic (exact) mass is 381 g/mol. The van der Waals surface area contributed by atoms with E-state index >= 15 is 0 Å². The van der Waals surface area contributed by atoms with Gasteiger partial charge in [-0.25, -0.2) is 4.98 Å². The van der Waals surface area contributed by atoms with Gasteiger partial charge < -0.3 is 20.1 Å². The van der Waals surface area contributed by atoms with Gasteiger partial charge in [0.25, 0.3) is 5.91 Å². The summed E-state index contributed by atoms with van der Waals surface area (Å²) in [5, 5.41) is 6.30. The maximum absolute atomic E-state index is 13.0. The molecule has 2 amide bonds. The van der Waals surface area contributed by atoms with Crippen LogP contribution in [-0.4, -0.2) is 58.5 Å². The SMILES string of the molecule is O=C(NCC1CCCN(C(=O)c2cccc(-n3ccnc3)c2)C1)C1CCCN1. The van der Waals surface area contributed by atoms with E-state index in [1.807, 2.05) is 39.9 Å². The number of imidazole rings is 1. The summed E-state index contributed by atoms with van der Waals surface area (Å²) >= 11 is 0. The molecule has 2 aromatic rings. The van der Waals surface area contributed by atoms with E-state index in [9.17, 15) is 9.59 Å². The molecule has 148 valence electrons. The van der Waals surface area contributed by atoms with Crippen molar-refractivity contribution in [1.82, 2.24) is 25.1 Å². The van der Waals surface area contributed by atoms with Gasteiger partial charge in [0.1, 0.15) is 0 Å². The largest absolute Gasteiger partial charge is 0.354 e. The number of amides is 2. The zero-order chi connectivity index (χ0) is 19.3. The Labute approximate surface area is 165 Å². The first-order valence-corrected chi connectivity index (χ1v) is 10.1. The van der Waals surface area contributed by atoms with Crippen molar-refractivity contribution in [1.29, 1.82) is 0 Å². The van der Waals surface area contributed by atoms with E-state index in [-0.39, 0.29) is 17.9 Å². The molecule has 2 N–H and O–H groups in total. The molecule has 3 heterocycles. The minimum Gasteiger partial charge on any atom is -0.354 e. The van der Waals surface area contributed by atoms with Gasteiger partial charge in [0.05, 0.1) is 12.4 Å². The van der Waals surface area contributed by atoms with E-state index in [0.717, 1.165) is 44.5 Å². The Balaban J connectivity index is 1.35. The van der Waals surface area contributed by atoms with Crippen LogP contribution in [0.5, 0.6) is 0 Å². The standard InChI is InChI=1S/C21H27N5O2/c27-20(19-7-2-8-23-19)24-13-16-4-3-10-25(14-16)21(28)17-5-1-6-18(12-17)26-11-9-22-15-26/h1,5-6,9,11-12,15-16,19,23H,2-4,7-8,10,13-14H2,(H,24,27). The molecule has 0 aliphatic carbocycles. The molecule has 1 aromatic carbocycles. The fraction of sp³-hybridized carbons (Fsp3) is 0.476. The van der Waals surface area contributed by atoms with Gasteiger partial charge in [-0.15, -0.1) is 0 Å². The van der Waals surface area contributed by atoms with Crippen molar-refractivity contribution in [3.63, 3.8) is 0 Å². The van der Waals surface area contributed by atoms with Crippen LogP contribution in [0.3, 0.4) is 0 Å². The van der Waals surface area contributed by atoms with Crippen LogP contribution in [0.25, 0.3) is 5.69 Å². The summed E-state index contributed by atoms with van der Waals surface area (Å²) in [6, 6.07) is 7.58. The smallest absolute Gasteiger partial charge is 0.253 e. The van der Waals surface area contributed by atoms with Crippen LogP contribution in [0, 0.1) is 5.92 Å². The summed E-state index contributed by atoms with van der Waals surface area (Å²) in [5.41, 5.74) is 1.61. The highest BCUT2D eigenvalue weighted by Gasteiger charge is 2.27. The van der Waals surface area contributed by atoms with Gasteiger partial charge >= 0.3 is 0 Å². The molecule has 7 nitrogen and oxygen atoms in total. The van der Waals surface area contributed by atoms with E-state index in [2.05, 4.69) is 15.6 Å². The maximum Gasteiger partial charge on any atom is 0.253 e. The highest BCUT2D eigenvalue weighted by atomic mass is 16.2. The van der Waals surface area contributed by atoms with E-state index in [1.165, 1.54) is 0 Å². The van der Waals surface area contributed by atoms with Crippen molar-refractivity contribution in [2.24, 2.45) is 5.92 Å². The summed E-state index contributed by atoms with van der Waals surface area (Å²) in [7, 11) is 0. The van der Waals surface area contributed by atoms with Crippen molar-refractivity contribution in [2.45, 2.75) is 31.7 Å². The molecule has 0 spiro atoms. The Kier molecular flexibility index (Phi) is 5.71. The summed E-state index contributed by atoms with van der Waals surface area (Å²) in [5.74, 6) is 0.448. The normalized spacial score (nSPS) is 22.2. The molecule has 0 bridgehead atoms. The lowest BCUT2D eigenvalue weighted by Gasteiger charge is -2.33. The molecule has 2 aliphatic rings. The van der Waals surface area contributed by atoms with Crippen LogP contribution in [0.2, 0.25) is 0 Å². The average molecular weight is 381 g/mol. The third-order valence-electron chi connectivity index (χ3n) is 5.64.